The highest BCUT2D eigenvalue weighted by Crippen LogP contribution is 2.34. The number of hydrogen-bond acceptors (Lipinski definition) is 6. The number of hydrogen-bond donors (Lipinski definition) is 1. The molecule has 170 valence electrons. The van der Waals surface area contributed by atoms with Crippen molar-refractivity contribution >= 4 is 55.9 Å². The molecule has 2 aromatic heterocycles. The number of primary sulfonamides is 1. The number of imidazole rings is 1. The van der Waals surface area contributed by atoms with Gasteiger partial charge in [0.15, 0.2) is 0 Å². The zero-order chi connectivity index (χ0) is 23.0. The van der Waals surface area contributed by atoms with Crippen LogP contribution in [0.25, 0.3) is 16.6 Å². The van der Waals surface area contributed by atoms with Crippen LogP contribution in [0.1, 0.15) is 12.8 Å². The number of anilines is 1. The number of benzene rings is 1. The van der Waals surface area contributed by atoms with Crippen LogP contribution in [-0.2, 0) is 14.8 Å². The molecule has 0 spiro atoms. The maximum Gasteiger partial charge on any atom is 0.224 e. The Morgan fingerprint density at radius 3 is 2.78 bits per heavy atom. The van der Waals surface area contributed by atoms with E-state index < -0.39 is 15.3 Å². The first-order valence-corrected chi connectivity index (χ1v) is 12.3. The maximum atomic E-state index is 12.6. The zero-order valence-corrected chi connectivity index (χ0v) is 19.6. The summed E-state index contributed by atoms with van der Waals surface area (Å²) in [6, 6.07) is 5.47. The molecule has 0 aliphatic carbocycles. The molecular weight excluding hydrogens is 475 g/mol. The van der Waals surface area contributed by atoms with Crippen molar-refractivity contribution in [3.8, 4) is 5.69 Å². The molecule has 3 heterocycles. The van der Waals surface area contributed by atoms with E-state index in [1.807, 2.05) is 34.8 Å². The van der Waals surface area contributed by atoms with Gasteiger partial charge in [0.25, 0.3) is 0 Å². The molecule has 12 heteroatoms. The Labute approximate surface area is 195 Å². The molecule has 0 bridgehead atoms. The Morgan fingerprint density at radius 1 is 1.34 bits per heavy atom. The monoisotopic (exact) mass is 496 g/mol. The van der Waals surface area contributed by atoms with Gasteiger partial charge in [0.1, 0.15) is 5.82 Å². The molecule has 1 unspecified atom stereocenters. The van der Waals surface area contributed by atoms with Gasteiger partial charge in [-0.15, -0.1) is 0 Å². The van der Waals surface area contributed by atoms with Crippen molar-refractivity contribution in [1.29, 1.82) is 0 Å². The Hall–Kier alpha value is -2.40. The Bertz CT molecular complexity index is 1270. The second-order valence-corrected chi connectivity index (χ2v) is 10.4. The highest BCUT2D eigenvalue weighted by atomic mass is 35.5. The van der Waals surface area contributed by atoms with Gasteiger partial charge in [-0.3, -0.25) is 4.79 Å². The van der Waals surface area contributed by atoms with Gasteiger partial charge in [0.05, 0.1) is 32.8 Å². The van der Waals surface area contributed by atoms with E-state index in [9.17, 15) is 13.2 Å². The molecular formula is C20H22Cl2N6O3S. The first-order valence-electron chi connectivity index (χ1n) is 9.92. The van der Waals surface area contributed by atoms with E-state index in [1.54, 1.807) is 23.5 Å². The molecule has 1 aliphatic rings. The molecule has 32 heavy (non-hydrogen) atoms. The second kappa shape index (κ2) is 8.86. The highest BCUT2D eigenvalue weighted by Gasteiger charge is 2.32. The number of nitrogens with two attached hydrogens (primary N) is 1. The Kier molecular flexibility index (Phi) is 6.30. The fourth-order valence-electron chi connectivity index (χ4n) is 3.77. The summed E-state index contributed by atoms with van der Waals surface area (Å²) >= 11 is 12.7. The molecule has 3 aromatic rings. The van der Waals surface area contributed by atoms with Crippen LogP contribution < -0.4 is 10.0 Å². The number of rotatable bonds is 6. The summed E-state index contributed by atoms with van der Waals surface area (Å²) in [5.74, 6) is 0.488. The van der Waals surface area contributed by atoms with Crippen molar-refractivity contribution in [1.82, 2.24) is 19.4 Å². The Morgan fingerprint density at radius 2 is 2.12 bits per heavy atom. The maximum absolute atomic E-state index is 12.6. The normalized spacial score (nSPS) is 16.6. The van der Waals surface area contributed by atoms with Crippen molar-refractivity contribution in [2.45, 2.75) is 18.1 Å². The summed E-state index contributed by atoms with van der Waals surface area (Å²) in [6.07, 6.45) is 5.74. The van der Waals surface area contributed by atoms with Gasteiger partial charge in [-0.25, -0.2) is 23.5 Å². The number of amides is 1. The molecule has 1 aliphatic heterocycles. The molecule has 2 N–H and O–H groups in total. The van der Waals surface area contributed by atoms with Gasteiger partial charge in [0, 0.05) is 56.9 Å². The van der Waals surface area contributed by atoms with Gasteiger partial charge >= 0.3 is 0 Å². The average Bonchev–Trinajstić information content (AvgIpc) is 3.46. The summed E-state index contributed by atoms with van der Waals surface area (Å²) in [6.45, 7) is 0.903. The zero-order valence-electron chi connectivity index (χ0n) is 17.3. The van der Waals surface area contributed by atoms with E-state index in [0.717, 1.165) is 11.1 Å². The summed E-state index contributed by atoms with van der Waals surface area (Å²) in [4.78, 5) is 24.8. The number of pyridine rings is 1. The third kappa shape index (κ3) is 4.54. The summed E-state index contributed by atoms with van der Waals surface area (Å²) in [5, 5.41) is 6.08. The highest BCUT2D eigenvalue weighted by molar-refractivity contribution is 7.89. The fourth-order valence-corrected chi connectivity index (χ4v) is 4.95. The van der Waals surface area contributed by atoms with Crippen molar-refractivity contribution in [2.24, 2.45) is 5.14 Å². The van der Waals surface area contributed by atoms with Crippen LogP contribution in [-0.4, -0.2) is 65.7 Å². The van der Waals surface area contributed by atoms with E-state index in [2.05, 4.69) is 9.97 Å². The first-order chi connectivity index (χ1) is 15.1. The second-order valence-electron chi connectivity index (χ2n) is 7.74. The number of carbonyl (C=O) groups is 1. The summed E-state index contributed by atoms with van der Waals surface area (Å²) in [7, 11) is -1.81. The SMILES string of the molecule is CN(CCC(=O)N1CCC(S(N)(=O)=O)C1)c1cc(-n2ccnc2)c2ccc(Cl)c(Cl)c2n1. The number of aromatic nitrogens is 3. The first kappa shape index (κ1) is 22.8. The molecule has 1 saturated heterocycles. The third-order valence-electron chi connectivity index (χ3n) is 5.63. The summed E-state index contributed by atoms with van der Waals surface area (Å²) < 4.78 is 24.9. The predicted octanol–water partition coefficient (Wildman–Crippen LogP) is 2.44. The largest absolute Gasteiger partial charge is 0.359 e. The minimum atomic E-state index is -3.64. The molecule has 1 amide bonds. The van der Waals surface area contributed by atoms with Gasteiger partial charge in [-0.1, -0.05) is 23.2 Å². The molecule has 9 nitrogen and oxygen atoms in total. The van der Waals surface area contributed by atoms with E-state index in [-0.39, 0.29) is 18.9 Å². The minimum Gasteiger partial charge on any atom is -0.359 e. The van der Waals surface area contributed by atoms with E-state index in [0.29, 0.717) is 40.9 Å². The van der Waals surface area contributed by atoms with Crippen molar-refractivity contribution in [2.75, 3.05) is 31.6 Å². The van der Waals surface area contributed by atoms with Crippen molar-refractivity contribution in [3.63, 3.8) is 0 Å². The number of nitrogens with zero attached hydrogens (tertiary/aromatic N) is 5. The molecule has 4 rings (SSSR count). The molecule has 0 radical (unpaired) electrons. The van der Waals surface area contributed by atoms with Crippen LogP contribution in [0.5, 0.6) is 0 Å². The van der Waals surface area contributed by atoms with Crippen LogP contribution in [0, 0.1) is 0 Å². The lowest BCUT2D eigenvalue weighted by molar-refractivity contribution is -0.129. The van der Waals surface area contributed by atoms with Crippen LogP contribution in [0.15, 0.2) is 36.9 Å². The van der Waals surface area contributed by atoms with E-state index in [1.165, 1.54) is 0 Å². The Balaban J connectivity index is 1.56. The van der Waals surface area contributed by atoms with Crippen molar-refractivity contribution in [3.05, 3.63) is 47.0 Å². The third-order valence-corrected chi connectivity index (χ3v) is 7.74. The van der Waals surface area contributed by atoms with Crippen LogP contribution in [0.2, 0.25) is 10.0 Å². The molecule has 1 fully saturated rings. The van der Waals surface area contributed by atoms with Gasteiger partial charge < -0.3 is 14.4 Å². The lowest BCUT2D eigenvalue weighted by Gasteiger charge is -2.22. The number of likely N-dealkylation sites (tertiary alicyclic amines) is 1. The van der Waals surface area contributed by atoms with E-state index >= 15 is 0 Å². The molecule has 0 saturated carbocycles. The quantitative estimate of drug-likeness (QED) is 0.560. The van der Waals surface area contributed by atoms with Gasteiger partial charge in [-0.2, -0.15) is 0 Å². The van der Waals surface area contributed by atoms with Crippen LogP contribution >= 0.6 is 23.2 Å². The summed E-state index contributed by atoms with van der Waals surface area (Å²) in [5.41, 5.74) is 1.38. The minimum absolute atomic E-state index is 0.125. The van der Waals surface area contributed by atoms with Crippen LogP contribution in [0.3, 0.4) is 0 Å². The van der Waals surface area contributed by atoms with Gasteiger partial charge in [-0.05, 0) is 18.6 Å². The van der Waals surface area contributed by atoms with Gasteiger partial charge in [0.2, 0.25) is 15.9 Å². The molecule has 1 aromatic carbocycles. The van der Waals surface area contributed by atoms with E-state index in [4.69, 9.17) is 28.3 Å². The average molecular weight is 497 g/mol. The smallest absolute Gasteiger partial charge is 0.224 e. The lowest BCUT2D eigenvalue weighted by atomic mass is 10.1. The molecule has 1 atom stereocenters. The fraction of sp³-hybridized carbons (Fsp3) is 0.350. The topological polar surface area (TPSA) is 114 Å². The van der Waals surface area contributed by atoms with Crippen LogP contribution in [0.4, 0.5) is 5.82 Å². The number of fused-ring (bicyclic) bond motifs is 1. The number of sulfonamides is 1. The number of halogens is 2. The lowest BCUT2D eigenvalue weighted by Crippen LogP contribution is -2.36. The van der Waals surface area contributed by atoms with Crippen molar-refractivity contribution < 1.29 is 13.2 Å². The predicted molar refractivity (Wildman–Crippen MR) is 125 cm³/mol. The number of carbonyl (C=O) groups excluding carboxylic acids is 1. The standard InChI is InChI=1S/C20H22Cl2N6O3S/c1-26(7-5-18(29)27-8-4-13(11-27)32(23,30)31)17-10-16(28-9-6-24-12-28)14-2-3-15(21)19(22)20(14)25-17/h2-3,6,9-10,12-13H,4-5,7-8,11H2,1H3,(H2,23,30,31).